The Bertz CT molecular complexity index is 652. The van der Waals surface area contributed by atoms with Crippen molar-refractivity contribution < 1.29 is 22.9 Å². The van der Waals surface area contributed by atoms with Crippen molar-refractivity contribution in [2.45, 2.75) is 57.7 Å². The molecule has 0 radical (unpaired) electrons. The van der Waals surface area contributed by atoms with Crippen LogP contribution in [0.4, 0.5) is 8.78 Å². The lowest BCUT2D eigenvalue weighted by atomic mass is 9.75. The van der Waals surface area contributed by atoms with E-state index in [1.165, 1.54) is 4.90 Å². The minimum absolute atomic E-state index is 0.0591. The highest BCUT2D eigenvalue weighted by Crippen LogP contribution is 2.37. The summed E-state index contributed by atoms with van der Waals surface area (Å²) in [6, 6.07) is 7.09. The number of carbonyl (C=O) groups is 1. The molecule has 136 valence electrons. The number of carbonyl (C=O) groups excluding carboxylic acids is 1. The van der Waals surface area contributed by atoms with Gasteiger partial charge in [-0.15, -0.1) is 0 Å². The molecule has 0 saturated carbocycles. The minimum atomic E-state index is -2.68. The Morgan fingerprint density at radius 2 is 1.56 bits per heavy atom. The Kier molecular flexibility index (Phi) is 4.44. The Balaban J connectivity index is 1.84. The van der Waals surface area contributed by atoms with Crippen LogP contribution in [-0.2, 0) is 9.31 Å². The third-order valence-electron chi connectivity index (χ3n) is 5.48. The molecule has 2 aliphatic rings. The summed E-state index contributed by atoms with van der Waals surface area (Å²) in [6.07, 6.45) is -0.588. The second kappa shape index (κ2) is 6.06. The van der Waals surface area contributed by atoms with E-state index in [2.05, 4.69) is 0 Å². The monoisotopic (exact) mass is 351 g/mol. The topological polar surface area (TPSA) is 38.8 Å². The van der Waals surface area contributed by atoms with Gasteiger partial charge < -0.3 is 14.2 Å². The molecular weight excluding hydrogens is 327 g/mol. The van der Waals surface area contributed by atoms with E-state index in [1.54, 1.807) is 18.2 Å². The number of benzene rings is 1. The lowest BCUT2D eigenvalue weighted by molar-refractivity contribution is -0.0494. The number of halogens is 2. The highest BCUT2D eigenvalue weighted by Gasteiger charge is 2.52. The van der Waals surface area contributed by atoms with Crippen LogP contribution in [0.25, 0.3) is 0 Å². The van der Waals surface area contributed by atoms with Crippen LogP contribution in [0, 0.1) is 0 Å². The predicted octanol–water partition coefficient (Wildman–Crippen LogP) is 2.86. The van der Waals surface area contributed by atoms with E-state index >= 15 is 0 Å². The van der Waals surface area contributed by atoms with Crippen molar-refractivity contribution in [3.05, 3.63) is 29.8 Å². The fraction of sp³-hybridized carbons (Fsp3) is 0.611. The van der Waals surface area contributed by atoms with Gasteiger partial charge in [0.05, 0.1) is 11.2 Å². The summed E-state index contributed by atoms with van der Waals surface area (Å²) in [6.45, 7) is 7.91. The molecule has 0 N–H and O–H groups in total. The Labute approximate surface area is 147 Å². The number of piperidine rings is 1. The maximum absolute atomic E-state index is 13.4. The van der Waals surface area contributed by atoms with Crippen LogP contribution in [0.15, 0.2) is 24.3 Å². The minimum Gasteiger partial charge on any atom is -0.399 e. The van der Waals surface area contributed by atoms with Gasteiger partial charge in [0.15, 0.2) is 0 Å². The van der Waals surface area contributed by atoms with Crippen LogP contribution < -0.4 is 5.46 Å². The summed E-state index contributed by atoms with van der Waals surface area (Å²) in [5.74, 6) is -2.93. The molecule has 0 bridgehead atoms. The zero-order valence-electron chi connectivity index (χ0n) is 15.1. The average Bonchev–Trinajstić information content (AvgIpc) is 2.75. The van der Waals surface area contributed by atoms with Gasteiger partial charge in [0.1, 0.15) is 0 Å². The first-order valence-corrected chi connectivity index (χ1v) is 8.64. The van der Waals surface area contributed by atoms with Gasteiger partial charge in [-0.2, -0.15) is 0 Å². The van der Waals surface area contributed by atoms with E-state index in [1.807, 2.05) is 33.8 Å². The molecule has 3 rings (SSSR count). The van der Waals surface area contributed by atoms with Crippen LogP contribution in [0.2, 0.25) is 0 Å². The number of rotatable bonds is 2. The third kappa shape index (κ3) is 3.44. The van der Waals surface area contributed by atoms with E-state index in [4.69, 9.17) is 9.31 Å². The van der Waals surface area contributed by atoms with Gasteiger partial charge >= 0.3 is 7.12 Å². The Hall–Kier alpha value is -1.47. The van der Waals surface area contributed by atoms with E-state index in [-0.39, 0.29) is 31.8 Å². The third-order valence-corrected chi connectivity index (χ3v) is 5.48. The first-order valence-electron chi connectivity index (χ1n) is 8.64. The van der Waals surface area contributed by atoms with Crippen LogP contribution >= 0.6 is 0 Å². The van der Waals surface area contributed by atoms with E-state index in [9.17, 15) is 13.6 Å². The van der Waals surface area contributed by atoms with Crippen molar-refractivity contribution >= 4 is 18.5 Å². The highest BCUT2D eigenvalue weighted by atomic mass is 19.3. The molecule has 2 aliphatic heterocycles. The van der Waals surface area contributed by atoms with Crippen molar-refractivity contribution in [2.24, 2.45) is 0 Å². The summed E-state index contributed by atoms with van der Waals surface area (Å²) in [5.41, 5.74) is 0.0665. The maximum Gasteiger partial charge on any atom is 0.495 e. The second-order valence-electron chi connectivity index (χ2n) is 7.82. The normalized spacial score (nSPS) is 24.4. The summed E-state index contributed by atoms with van der Waals surface area (Å²) in [5, 5.41) is 0. The van der Waals surface area contributed by atoms with Gasteiger partial charge in [0.2, 0.25) is 0 Å². The lowest BCUT2D eigenvalue weighted by Gasteiger charge is -2.32. The van der Waals surface area contributed by atoms with Gasteiger partial charge in [-0.3, -0.25) is 4.79 Å². The van der Waals surface area contributed by atoms with Crippen molar-refractivity contribution in [1.82, 2.24) is 4.90 Å². The number of amides is 1. The molecule has 0 atom stereocenters. The van der Waals surface area contributed by atoms with Gasteiger partial charge in [-0.25, -0.2) is 8.78 Å². The van der Waals surface area contributed by atoms with Crippen molar-refractivity contribution in [2.75, 3.05) is 13.1 Å². The molecule has 7 heteroatoms. The molecule has 1 aromatic rings. The predicted molar refractivity (Wildman–Crippen MR) is 92.2 cm³/mol. The van der Waals surface area contributed by atoms with Crippen molar-refractivity contribution in [1.29, 1.82) is 0 Å². The molecule has 4 nitrogen and oxygen atoms in total. The van der Waals surface area contributed by atoms with Crippen molar-refractivity contribution in [3.8, 4) is 0 Å². The van der Waals surface area contributed by atoms with Gasteiger partial charge in [-0.05, 0) is 39.2 Å². The molecule has 2 saturated heterocycles. The summed E-state index contributed by atoms with van der Waals surface area (Å²) >= 11 is 0. The summed E-state index contributed by atoms with van der Waals surface area (Å²) in [7, 11) is -0.656. The molecule has 1 aromatic carbocycles. The quantitative estimate of drug-likeness (QED) is 0.770. The largest absolute Gasteiger partial charge is 0.495 e. The van der Waals surface area contributed by atoms with Crippen LogP contribution in [0.1, 0.15) is 50.9 Å². The Morgan fingerprint density at radius 3 is 2.12 bits per heavy atom. The summed E-state index contributed by atoms with van der Waals surface area (Å²) < 4.78 is 38.8. The number of nitrogens with zero attached hydrogens (tertiary/aromatic N) is 1. The second-order valence-corrected chi connectivity index (χ2v) is 7.82. The van der Waals surface area contributed by atoms with Crippen LogP contribution in [0.5, 0.6) is 0 Å². The van der Waals surface area contributed by atoms with Crippen LogP contribution in [-0.4, -0.2) is 48.1 Å². The highest BCUT2D eigenvalue weighted by molar-refractivity contribution is 6.63. The van der Waals surface area contributed by atoms with E-state index < -0.39 is 24.2 Å². The first kappa shape index (κ1) is 18.3. The first-order chi connectivity index (χ1) is 11.5. The Morgan fingerprint density at radius 1 is 1.04 bits per heavy atom. The zero-order valence-corrected chi connectivity index (χ0v) is 15.1. The van der Waals surface area contributed by atoms with Crippen molar-refractivity contribution in [3.63, 3.8) is 0 Å². The molecule has 0 aliphatic carbocycles. The number of hydrogen-bond donors (Lipinski definition) is 0. The molecule has 0 aromatic heterocycles. The van der Waals surface area contributed by atoms with Crippen LogP contribution in [0.3, 0.4) is 0 Å². The van der Waals surface area contributed by atoms with Gasteiger partial charge in [0, 0.05) is 31.5 Å². The molecule has 1 amide bonds. The SMILES string of the molecule is CC1(C)OB(c2ccccc2C(=O)N2CCC(F)(F)CC2)OC1(C)C. The van der Waals surface area contributed by atoms with E-state index in [0.717, 1.165) is 0 Å². The molecule has 2 fully saturated rings. The molecular formula is C18H24BF2NO3. The lowest BCUT2D eigenvalue weighted by Crippen LogP contribution is -2.46. The smallest absolute Gasteiger partial charge is 0.399 e. The molecule has 2 heterocycles. The van der Waals surface area contributed by atoms with E-state index in [0.29, 0.717) is 11.0 Å². The number of hydrogen-bond acceptors (Lipinski definition) is 3. The van der Waals surface area contributed by atoms with Gasteiger partial charge in [-0.1, -0.05) is 18.2 Å². The summed E-state index contributed by atoms with van der Waals surface area (Å²) in [4.78, 5) is 14.4. The fourth-order valence-electron chi connectivity index (χ4n) is 3.07. The van der Waals surface area contributed by atoms with Gasteiger partial charge in [0.25, 0.3) is 11.8 Å². The number of alkyl halides is 2. The standard InChI is InChI=1S/C18H24BF2NO3/c1-16(2)17(3,4)25-19(24-16)14-8-6-5-7-13(14)15(23)22-11-9-18(20,21)10-12-22/h5-8H,9-12H2,1-4H3. The number of likely N-dealkylation sites (tertiary alicyclic amines) is 1. The maximum atomic E-state index is 13.4. The molecule has 25 heavy (non-hydrogen) atoms. The zero-order chi connectivity index (χ0) is 18.5. The average molecular weight is 351 g/mol. The fourth-order valence-corrected chi connectivity index (χ4v) is 3.07. The molecule has 0 spiro atoms. The molecule has 0 unspecified atom stereocenters.